The molecule has 2 heterocycles. The maximum atomic E-state index is 9.99. The molecule has 3 aromatic rings. The van der Waals surface area contributed by atoms with E-state index in [1.807, 2.05) is 48.5 Å². The molecule has 2 aromatic carbocycles. The molecule has 25 heavy (non-hydrogen) atoms. The van der Waals surface area contributed by atoms with Crippen LogP contribution < -0.4 is 9.80 Å². The van der Waals surface area contributed by atoms with E-state index < -0.39 is 0 Å². The Morgan fingerprint density at radius 2 is 1.68 bits per heavy atom. The van der Waals surface area contributed by atoms with E-state index in [1.54, 1.807) is 6.07 Å². The van der Waals surface area contributed by atoms with Crippen LogP contribution in [0.2, 0.25) is 0 Å². The van der Waals surface area contributed by atoms with Gasteiger partial charge in [-0.1, -0.05) is 30.3 Å². The third kappa shape index (κ3) is 3.49. The maximum Gasteiger partial charge on any atom is 0.271 e. The van der Waals surface area contributed by atoms with Gasteiger partial charge in [-0.15, -0.1) is 10.2 Å². The van der Waals surface area contributed by atoms with Gasteiger partial charge >= 0.3 is 0 Å². The minimum Gasteiger partial charge on any atom is -0.506 e. The molecule has 0 aliphatic carbocycles. The average Bonchev–Trinajstić information content (AvgIpc) is 3.12. The van der Waals surface area contributed by atoms with Gasteiger partial charge in [-0.05, 0) is 24.3 Å². The fraction of sp³-hybridized carbons (Fsp3) is 0.263. The summed E-state index contributed by atoms with van der Waals surface area (Å²) in [5.41, 5.74) is 1.85. The Morgan fingerprint density at radius 3 is 2.44 bits per heavy atom. The van der Waals surface area contributed by atoms with Crippen LogP contribution in [-0.4, -0.2) is 41.5 Å². The highest BCUT2D eigenvalue weighted by molar-refractivity contribution is 5.57. The van der Waals surface area contributed by atoms with Crippen LogP contribution in [0.4, 0.5) is 5.69 Å². The van der Waals surface area contributed by atoms with Crippen molar-refractivity contribution in [3.63, 3.8) is 0 Å². The fourth-order valence-electron chi connectivity index (χ4n) is 3.21. The number of hydrogen-bond donors (Lipinski definition) is 2. The number of nitrogens with one attached hydrogen (secondary N) is 1. The number of benzene rings is 2. The van der Waals surface area contributed by atoms with Crippen molar-refractivity contribution in [3.05, 3.63) is 60.5 Å². The quantitative estimate of drug-likeness (QED) is 0.752. The predicted octanol–water partition coefficient (Wildman–Crippen LogP) is 1.35. The lowest BCUT2D eigenvalue weighted by atomic mass is 10.2. The van der Waals surface area contributed by atoms with Gasteiger partial charge in [-0.25, -0.2) is 0 Å². The first-order valence-corrected chi connectivity index (χ1v) is 8.54. The molecule has 6 nitrogen and oxygen atoms in total. The van der Waals surface area contributed by atoms with Crippen LogP contribution in [0.1, 0.15) is 5.89 Å². The molecule has 0 atom stereocenters. The molecule has 1 fully saturated rings. The highest BCUT2D eigenvalue weighted by atomic mass is 16.4. The number of phenolic OH excluding ortho intramolecular Hbond substituents is 1. The highest BCUT2D eigenvalue weighted by Crippen LogP contribution is 2.26. The van der Waals surface area contributed by atoms with E-state index in [4.69, 9.17) is 4.42 Å². The maximum absolute atomic E-state index is 9.99. The first kappa shape index (κ1) is 15.7. The molecule has 1 saturated heterocycles. The first-order valence-electron chi connectivity index (χ1n) is 8.54. The summed E-state index contributed by atoms with van der Waals surface area (Å²) < 4.78 is 5.81. The van der Waals surface area contributed by atoms with Crippen molar-refractivity contribution >= 4 is 5.69 Å². The summed E-state index contributed by atoms with van der Waals surface area (Å²) in [6.45, 7) is 4.46. The van der Waals surface area contributed by atoms with Gasteiger partial charge in [0, 0.05) is 5.56 Å². The Hall–Kier alpha value is -2.86. The normalized spacial score (nSPS) is 15.4. The summed E-state index contributed by atoms with van der Waals surface area (Å²) in [6, 6.07) is 17.3. The second-order valence-corrected chi connectivity index (χ2v) is 6.27. The minimum absolute atomic E-state index is 0.343. The molecule has 0 amide bonds. The van der Waals surface area contributed by atoms with Crippen molar-refractivity contribution in [2.75, 3.05) is 31.1 Å². The number of anilines is 1. The Balaban J connectivity index is 1.36. The summed E-state index contributed by atoms with van der Waals surface area (Å²) in [4.78, 5) is 3.64. The third-order valence-corrected chi connectivity index (χ3v) is 4.58. The van der Waals surface area contributed by atoms with Gasteiger partial charge in [-0.3, -0.25) is 0 Å². The second-order valence-electron chi connectivity index (χ2n) is 6.27. The van der Waals surface area contributed by atoms with Crippen molar-refractivity contribution in [3.8, 4) is 17.2 Å². The number of quaternary nitrogens is 1. The molecule has 0 radical (unpaired) electrons. The number of rotatable bonds is 4. The molecule has 1 aliphatic heterocycles. The van der Waals surface area contributed by atoms with Crippen molar-refractivity contribution < 1.29 is 14.4 Å². The number of para-hydroxylation sites is 2. The van der Waals surface area contributed by atoms with Crippen molar-refractivity contribution in [1.29, 1.82) is 0 Å². The molecule has 0 unspecified atom stereocenters. The van der Waals surface area contributed by atoms with Gasteiger partial charge in [0.25, 0.3) is 5.89 Å². The monoisotopic (exact) mass is 337 g/mol. The Labute approximate surface area is 146 Å². The largest absolute Gasteiger partial charge is 0.506 e. The predicted molar refractivity (Wildman–Crippen MR) is 94.5 cm³/mol. The molecule has 2 N–H and O–H groups in total. The zero-order valence-electron chi connectivity index (χ0n) is 13.9. The fourth-order valence-corrected chi connectivity index (χ4v) is 3.21. The summed E-state index contributed by atoms with van der Waals surface area (Å²) >= 11 is 0. The summed E-state index contributed by atoms with van der Waals surface area (Å²) in [7, 11) is 0. The van der Waals surface area contributed by atoms with Gasteiger partial charge in [0.1, 0.15) is 5.75 Å². The highest BCUT2D eigenvalue weighted by Gasteiger charge is 2.23. The van der Waals surface area contributed by atoms with Crippen LogP contribution in [0.3, 0.4) is 0 Å². The molecule has 1 aliphatic rings. The molecule has 0 bridgehead atoms. The molecular formula is C19H21N4O2+. The average molecular weight is 337 g/mol. The van der Waals surface area contributed by atoms with E-state index >= 15 is 0 Å². The second kappa shape index (κ2) is 6.94. The SMILES string of the molecule is Oc1ccccc1N1CC[NH+](Cc2nnc(-c3ccccc3)o2)CC1. The lowest BCUT2D eigenvalue weighted by Gasteiger charge is -2.33. The number of hydrogen-bond acceptors (Lipinski definition) is 5. The molecule has 128 valence electrons. The van der Waals surface area contributed by atoms with Crippen LogP contribution >= 0.6 is 0 Å². The number of piperazine rings is 1. The summed E-state index contributed by atoms with van der Waals surface area (Å²) in [5.74, 6) is 1.59. The van der Waals surface area contributed by atoms with Crippen LogP contribution in [-0.2, 0) is 6.54 Å². The number of nitrogens with zero attached hydrogens (tertiary/aromatic N) is 3. The van der Waals surface area contributed by atoms with Crippen LogP contribution in [0, 0.1) is 0 Å². The number of aromatic hydroxyl groups is 1. The molecule has 0 saturated carbocycles. The van der Waals surface area contributed by atoms with E-state index in [0.717, 1.165) is 44.0 Å². The van der Waals surface area contributed by atoms with Crippen molar-refractivity contribution in [2.24, 2.45) is 0 Å². The zero-order valence-corrected chi connectivity index (χ0v) is 13.9. The van der Waals surface area contributed by atoms with Gasteiger partial charge in [0.2, 0.25) is 5.89 Å². The van der Waals surface area contributed by atoms with Crippen LogP contribution in [0.5, 0.6) is 5.75 Å². The van der Waals surface area contributed by atoms with Gasteiger partial charge in [0.15, 0.2) is 6.54 Å². The van der Waals surface area contributed by atoms with E-state index in [9.17, 15) is 5.11 Å². The van der Waals surface area contributed by atoms with Crippen LogP contribution in [0.25, 0.3) is 11.5 Å². The number of aromatic nitrogens is 2. The van der Waals surface area contributed by atoms with Gasteiger partial charge < -0.3 is 19.3 Å². The number of phenols is 1. The van der Waals surface area contributed by atoms with E-state index in [2.05, 4.69) is 15.1 Å². The zero-order chi connectivity index (χ0) is 17.1. The van der Waals surface area contributed by atoms with Gasteiger partial charge in [0.05, 0.1) is 31.9 Å². The van der Waals surface area contributed by atoms with Gasteiger partial charge in [-0.2, -0.15) is 0 Å². The molecule has 0 spiro atoms. The lowest BCUT2D eigenvalue weighted by molar-refractivity contribution is -0.915. The molecule has 4 rings (SSSR count). The molecule has 1 aromatic heterocycles. The molecular weight excluding hydrogens is 316 g/mol. The smallest absolute Gasteiger partial charge is 0.271 e. The topological polar surface area (TPSA) is 66.8 Å². The third-order valence-electron chi connectivity index (χ3n) is 4.58. The first-order chi connectivity index (χ1) is 12.3. The minimum atomic E-state index is 0.343. The molecule has 6 heteroatoms. The van der Waals surface area contributed by atoms with Crippen LogP contribution in [0.15, 0.2) is 59.0 Å². The Morgan fingerprint density at radius 1 is 0.960 bits per heavy atom. The lowest BCUT2D eigenvalue weighted by Crippen LogP contribution is -3.13. The Bertz CT molecular complexity index is 826. The Kier molecular flexibility index (Phi) is 4.35. The summed E-state index contributed by atoms with van der Waals surface area (Å²) in [6.07, 6.45) is 0. The van der Waals surface area contributed by atoms with E-state index in [1.165, 1.54) is 4.90 Å². The van der Waals surface area contributed by atoms with Crippen molar-refractivity contribution in [2.45, 2.75) is 6.54 Å². The van der Waals surface area contributed by atoms with E-state index in [-0.39, 0.29) is 0 Å². The van der Waals surface area contributed by atoms with Crippen molar-refractivity contribution in [1.82, 2.24) is 10.2 Å². The standard InChI is InChI=1S/C19H20N4O2/c24-17-9-5-4-8-16(17)23-12-10-22(11-13-23)14-18-20-21-19(25-18)15-6-2-1-3-7-15/h1-9,24H,10-14H2/p+1. The van der Waals surface area contributed by atoms with E-state index in [0.29, 0.717) is 17.5 Å². The summed E-state index contributed by atoms with van der Waals surface area (Å²) in [5, 5.41) is 18.3.